The van der Waals surface area contributed by atoms with Crippen LogP contribution >= 0.6 is 0 Å². The number of nitrogens with zero attached hydrogens (tertiary/aromatic N) is 4. The van der Waals surface area contributed by atoms with Gasteiger partial charge in [0.1, 0.15) is 11.6 Å². The number of anilines is 1. The second-order valence-electron chi connectivity index (χ2n) is 7.79. The molecule has 9 heteroatoms. The minimum atomic E-state index is -4.40. The standard InChI is InChI=1S/C22H22F3N5O/c1-29(2)19-8-3-14(11-26-19)12-30-10-9-18-17(13-30)21(31)28-20(27-18)15-4-6-16(7-5-15)22(23,24)25/h3-8,11H,9-10,12-13H2,1-2H3,(H,27,28,31). The summed E-state index contributed by atoms with van der Waals surface area (Å²) in [4.78, 5) is 28.4. The lowest BCUT2D eigenvalue weighted by Crippen LogP contribution is -2.35. The normalized spacial score (nSPS) is 14.4. The second kappa shape index (κ2) is 8.14. The van der Waals surface area contributed by atoms with E-state index in [9.17, 15) is 18.0 Å². The van der Waals surface area contributed by atoms with Crippen molar-refractivity contribution in [2.24, 2.45) is 0 Å². The van der Waals surface area contributed by atoms with Crippen molar-refractivity contribution in [3.63, 3.8) is 0 Å². The summed E-state index contributed by atoms with van der Waals surface area (Å²) in [5.74, 6) is 1.17. The van der Waals surface area contributed by atoms with Crippen molar-refractivity contribution in [1.29, 1.82) is 0 Å². The van der Waals surface area contributed by atoms with Gasteiger partial charge >= 0.3 is 6.18 Å². The molecule has 0 unspecified atom stereocenters. The Bertz CT molecular complexity index is 1120. The average molecular weight is 429 g/mol. The third-order valence-corrected chi connectivity index (χ3v) is 5.31. The Labute approximate surface area is 177 Å². The highest BCUT2D eigenvalue weighted by Crippen LogP contribution is 2.30. The maximum atomic E-state index is 12.8. The number of hydrogen-bond acceptors (Lipinski definition) is 5. The van der Waals surface area contributed by atoms with Crippen LogP contribution in [0.3, 0.4) is 0 Å². The first kappa shape index (κ1) is 21.0. The van der Waals surface area contributed by atoms with Gasteiger partial charge in [-0.3, -0.25) is 9.69 Å². The van der Waals surface area contributed by atoms with Crippen LogP contribution in [0.1, 0.15) is 22.4 Å². The second-order valence-corrected chi connectivity index (χ2v) is 7.79. The van der Waals surface area contributed by atoms with Crippen molar-refractivity contribution in [2.75, 3.05) is 25.5 Å². The molecule has 6 nitrogen and oxygen atoms in total. The van der Waals surface area contributed by atoms with E-state index in [2.05, 4.69) is 19.9 Å². The predicted molar refractivity (Wildman–Crippen MR) is 112 cm³/mol. The number of H-pyrrole nitrogens is 1. The summed E-state index contributed by atoms with van der Waals surface area (Å²) in [5.41, 5.74) is 1.80. The molecule has 0 fully saturated rings. The molecule has 0 atom stereocenters. The summed E-state index contributed by atoms with van der Waals surface area (Å²) >= 11 is 0. The van der Waals surface area contributed by atoms with E-state index in [0.29, 0.717) is 36.3 Å². The summed E-state index contributed by atoms with van der Waals surface area (Å²) in [6, 6.07) is 8.62. The number of alkyl halides is 3. The molecule has 1 N–H and O–H groups in total. The molecule has 0 bridgehead atoms. The quantitative estimate of drug-likeness (QED) is 0.688. The molecule has 1 aliphatic rings. The van der Waals surface area contributed by atoms with Crippen LogP contribution in [0.2, 0.25) is 0 Å². The highest BCUT2D eigenvalue weighted by atomic mass is 19.4. The summed E-state index contributed by atoms with van der Waals surface area (Å²) in [6.07, 6.45) is -1.97. The lowest BCUT2D eigenvalue weighted by atomic mass is 10.1. The molecule has 1 aliphatic heterocycles. The molecule has 1 aromatic carbocycles. The zero-order valence-corrected chi connectivity index (χ0v) is 17.2. The zero-order chi connectivity index (χ0) is 22.2. The van der Waals surface area contributed by atoms with E-state index in [-0.39, 0.29) is 11.4 Å². The SMILES string of the molecule is CN(C)c1ccc(CN2CCc3nc(-c4ccc(C(F)(F)F)cc4)[nH]c(=O)c3C2)cn1. The fourth-order valence-corrected chi connectivity index (χ4v) is 3.60. The Morgan fingerprint density at radius 1 is 1.13 bits per heavy atom. The van der Waals surface area contributed by atoms with Gasteiger partial charge < -0.3 is 9.88 Å². The van der Waals surface area contributed by atoms with Crippen molar-refractivity contribution in [3.05, 3.63) is 75.3 Å². The van der Waals surface area contributed by atoms with E-state index >= 15 is 0 Å². The Kier molecular flexibility index (Phi) is 5.53. The number of fused-ring (bicyclic) bond motifs is 1. The van der Waals surface area contributed by atoms with E-state index in [1.807, 2.05) is 37.3 Å². The molecule has 0 saturated heterocycles. The molecular formula is C22H22F3N5O. The largest absolute Gasteiger partial charge is 0.416 e. The van der Waals surface area contributed by atoms with E-state index in [1.165, 1.54) is 12.1 Å². The molecule has 0 aliphatic carbocycles. The Hall–Kier alpha value is -3.20. The fourth-order valence-electron chi connectivity index (χ4n) is 3.60. The van der Waals surface area contributed by atoms with Crippen LogP contribution in [0.15, 0.2) is 47.4 Å². The van der Waals surface area contributed by atoms with Gasteiger partial charge in [-0.05, 0) is 23.8 Å². The van der Waals surface area contributed by atoms with Gasteiger partial charge in [0.2, 0.25) is 0 Å². The monoisotopic (exact) mass is 429 g/mol. The average Bonchev–Trinajstić information content (AvgIpc) is 2.74. The minimum Gasteiger partial charge on any atom is -0.363 e. The maximum Gasteiger partial charge on any atom is 0.416 e. The first-order valence-electron chi connectivity index (χ1n) is 9.85. The van der Waals surface area contributed by atoms with Crippen molar-refractivity contribution in [1.82, 2.24) is 19.9 Å². The Balaban J connectivity index is 1.51. The zero-order valence-electron chi connectivity index (χ0n) is 17.2. The molecule has 31 heavy (non-hydrogen) atoms. The number of pyridine rings is 1. The maximum absolute atomic E-state index is 12.8. The first-order valence-corrected chi connectivity index (χ1v) is 9.85. The van der Waals surface area contributed by atoms with Crippen LogP contribution in [0.5, 0.6) is 0 Å². The van der Waals surface area contributed by atoms with E-state index < -0.39 is 11.7 Å². The van der Waals surface area contributed by atoms with Crippen LogP contribution < -0.4 is 10.5 Å². The van der Waals surface area contributed by atoms with Gasteiger partial charge in [0.05, 0.1) is 16.8 Å². The van der Waals surface area contributed by atoms with Crippen molar-refractivity contribution >= 4 is 5.82 Å². The lowest BCUT2D eigenvalue weighted by Gasteiger charge is -2.27. The molecule has 0 radical (unpaired) electrons. The summed E-state index contributed by atoms with van der Waals surface area (Å²) in [5, 5.41) is 0. The predicted octanol–water partition coefficient (Wildman–Crippen LogP) is 3.48. The smallest absolute Gasteiger partial charge is 0.363 e. The van der Waals surface area contributed by atoms with Crippen LogP contribution in [-0.2, 0) is 25.7 Å². The lowest BCUT2D eigenvalue weighted by molar-refractivity contribution is -0.137. The molecular weight excluding hydrogens is 407 g/mol. The van der Waals surface area contributed by atoms with Crippen LogP contribution in [-0.4, -0.2) is 40.5 Å². The minimum absolute atomic E-state index is 0.259. The number of hydrogen-bond donors (Lipinski definition) is 1. The van der Waals surface area contributed by atoms with Gasteiger partial charge in [-0.2, -0.15) is 13.2 Å². The van der Waals surface area contributed by atoms with Gasteiger partial charge in [0, 0.05) is 51.9 Å². The topological polar surface area (TPSA) is 65.1 Å². The molecule has 3 heterocycles. The third kappa shape index (κ3) is 4.61. The molecule has 3 aromatic rings. The van der Waals surface area contributed by atoms with Crippen LogP contribution in [0, 0.1) is 0 Å². The first-order chi connectivity index (χ1) is 14.7. The molecule has 162 valence electrons. The van der Waals surface area contributed by atoms with Crippen molar-refractivity contribution in [3.8, 4) is 11.4 Å². The number of aromatic amines is 1. The molecule has 0 saturated carbocycles. The van der Waals surface area contributed by atoms with Crippen molar-refractivity contribution in [2.45, 2.75) is 25.7 Å². The van der Waals surface area contributed by atoms with Crippen LogP contribution in [0.25, 0.3) is 11.4 Å². The number of nitrogens with one attached hydrogen (secondary N) is 1. The Morgan fingerprint density at radius 2 is 1.87 bits per heavy atom. The number of aromatic nitrogens is 3. The fraction of sp³-hybridized carbons (Fsp3) is 0.318. The molecule has 4 rings (SSSR count). The summed E-state index contributed by atoms with van der Waals surface area (Å²) in [7, 11) is 3.86. The summed E-state index contributed by atoms with van der Waals surface area (Å²) in [6.45, 7) is 1.85. The number of halogens is 3. The van der Waals surface area contributed by atoms with Gasteiger partial charge in [-0.15, -0.1) is 0 Å². The highest BCUT2D eigenvalue weighted by molar-refractivity contribution is 5.56. The summed E-state index contributed by atoms with van der Waals surface area (Å²) < 4.78 is 38.3. The van der Waals surface area contributed by atoms with Gasteiger partial charge in [-0.25, -0.2) is 9.97 Å². The third-order valence-electron chi connectivity index (χ3n) is 5.31. The van der Waals surface area contributed by atoms with E-state index in [0.717, 1.165) is 30.1 Å². The number of rotatable bonds is 4. The highest BCUT2D eigenvalue weighted by Gasteiger charge is 2.30. The number of benzene rings is 1. The molecule has 2 aromatic heterocycles. The van der Waals surface area contributed by atoms with Crippen LogP contribution in [0.4, 0.5) is 19.0 Å². The van der Waals surface area contributed by atoms with Gasteiger partial charge in [-0.1, -0.05) is 18.2 Å². The van der Waals surface area contributed by atoms with Crippen molar-refractivity contribution < 1.29 is 13.2 Å². The van der Waals surface area contributed by atoms with E-state index in [1.54, 1.807) is 0 Å². The van der Waals surface area contributed by atoms with Gasteiger partial charge in [0.25, 0.3) is 5.56 Å². The molecule has 0 spiro atoms. The Morgan fingerprint density at radius 3 is 2.48 bits per heavy atom. The van der Waals surface area contributed by atoms with E-state index in [4.69, 9.17) is 0 Å². The van der Waals surface area contributed by atoms with Gasteiger partial charge in [0.15, 0.2) is 0 Å². The molecule has 0 amide bonds.